The molecule has 1 heterocycles. The first-order valence-electron chi connectivity index (χ1n) is 9.06. The predicted molar refractivity (Wildman–Crippen MR) is 108 cm³/mol. The van der Waals surface area contributed by atoms with Crippen molar-refractivity contribution in [1.82, 2.24) is 9.80 Å². The van der Waals surface area contributed by atoms with E-state index in [2.05, 4.69) is 17.0 Å². The van der Waals surface area contributed by atoms with Gasteiger partial charge in [-0.15, -0.1) is 0 Å². The van der Waals surface area contributed by atoms with Crippen LogP contribution in [0.2, 0.25) is 5.02 Å². The summed E-state index contributed by atoms with van der Waals surface area (Å²) in [5.74, 6) is 0.132. The highest BCUT2D eigenvalue weighted by Gasteiger charge is 2.21. The van der Waals surface area contributed by atoms with Crippen LogP contribution in [-0.2, 0) is 6.42 Å². The van der Waals surface area contributed by atoms with Gasteiger partial charge in [-0.3, -0.25) is 9.69 Å². The molecule has 1 aliphatic rings. The van der Waals surface area contributed by atoms with E-state index in [4.69, 9.17) is 11.6 Å². The van der Waals surface area contributed by atoms with Crippen LogP contribution in [0.15, 0.2) is 48.5 Å². The lowest BCUT2D eigenvalue weighted by Gasteiger charge is -2.34. The minimum Gasteiger partial charge on any atom is -0.378 e. The molecule has 0 atom stereocenters. The van der Waals surface area contributed by atoms with Crippen molar-refractivity contribution in [2.75, 3.05) is 51.7 Å². The highest BCUT2D eigenvalue weighted by atomic mass is 35.5. The third kappa shape index (κ3) is 4.77. The first-order valence-corrected chi connectivity index (χ1v) is 9.44. The van der Waals surface area contributed by atoms with Crippen LogP contribution in [0.5, 0.6) is 0 Å². The van der Waals surface area contributed by atoms with Gasteiger partial charge in [0.2, 0.25) is 0 Å². The Morgan fingerprint density at radius 3 is 2.15 bits per heavy atom. The van der Waals surface area contributed by atoms with Gasteiger partial charge in [0, 0.05) is 63.1 Å². The van der Waals surface area contributed by atoms with Crippen molar-refractivity contribution in [3.8, 4) is 0 Å². The quantitative estimate of drug-likeness (QED) is 0.805. The summed E-state index contributed by atoms with van der Waals surface area (Å²) in [6.45, 7) is 4.44. The van der Waals surface area contributed by atoms with Crippen molar-refractivity contribution in [3.05, 3.63) is 64.7 Å². The molecule has 0 saturated carbocycles. The lowest BCUT2D eigenvalue weighted by atomic mass is 10.1. The van der Waals surface area contributed by atoms with Gasteiger partial charge in [0.25, 0.3) is 5.91 Å². The highest BCUT2D eigenvalue weighted by molar-refractivity contribution is 6.30. The van der Waals surface area contributed by atoms with Crippen LogP contribution < -0.4 is 4.90 Å². The average Bonchev–Trinajstić information content (AvgIpc) is 2.67. The van der Waals surface area contributed by atoms with Gasteiger partial charge in [-0.1, -0.05) is 23.7 Å². The van der Waals surface area contributed by atoms with E-state index in [0.717, 1.165) is 55.4 Å². The van der Waals surface area contributed by atoms with E-state index >= 15 is 0 Å². The van der Waals surface area contributed by atoms with Crippen molar-refractivity contribution in [2.24, 2.45) is 0 Å². The maximum Gasteiger partial charge on any atom is 0.253 e. The van der Waals surface area contributed by atoms with E-state index in [9.17, 15) is 4.79 Å². The molecule has 0 aromatic heterocycles. The molecule has 5 heteroatoms. The number of rotatable bonds is 5. The third-order valence-electron chi connectivity index (χ3n) is 4.92. The monoisotopic (exact) mass is 371 g/mol. The van der Waals surface area contributed by atoms with Crippen LogP contribution in [0.25, 0.3) is 0 Å². The Labute approximate surface area is 161 Å². The Hall–Kier alpha value is -2.04. The van der Waals surface area contributed by atoms with Crippen LogP contribution in [0.3, 0.4) is 0 Å². The van der Waals surface area contributed by atoms with Gasteiger partial charge in [-0.2, -0.15) is 0 Å². The second kappa shape index (κ2) is 8.56. The Balaban J connectivity index is 1.48. The second-order valence-electron chi connectivity index (χ2n) is 6.95. The molecule has 26 heavy (non-hydrogen) atoms. The molecule has 1 fully saturated rings. The van der Waals surface area contributed by atoms with E-state index in [1.54, 1.807) is 0 Å². The van der Waals surface area contributed by atoms with Crippen molar-refractivity contribution in [3.63, 3.8) is 0 Å². The summed E-state index contributed by atoms with van der Waals surface area (Å²) >= 11 is 5.93. The zero-order chi connectivity index (χ0) is 18.5. The second-order valence-corrected chi connectivity index (χ2v) is 7.39. The molecule has 1 amide bonds. The fourth-order valence-corrected chi connectivity index (χ4v) is 3.32. The Kier molecular flexibility index (Phi) is 6.17. The number of halogens is 1. The maximum atomic E-state index is 12.7. The molecular formula is C21H26ClN3O. The number of benzene rings is 2. The molecule has 0 radical (unpaired) electrons. The molecule has 0 spiro atoms. The van der Waals surface area contributed by atoms with Gasteiger partial charge in [0.05, 0.1) is 0 Å². The van der Waals surface area contributed by atoms with Gasteiger partial charge < -0.3 is 9.80 Å². The zero-order valence-corrected chi connectivity index (χ0v) is 16.2. The number of amides is 1. The number of hydrogen-bond acceptors (Lipinski definition) is 3. The molecule has 0 bridgehead atoms. The molecule has 2 aromatic carbocycles. The minimum absolute atomic E-state index is 0.132. The van der Waals surface area contributed by atoms with E-state index in [1.165, 1.54) is 5.56 Å². The number of piperazine rings is 1. The van der Waals surface area contributed by atoms with Gasteiger partial charge in [-0.25, -0.2) is 0 Å². The van der Waals surface area contributed by atoms with E-state index in [-0.39, 0.29) is 5.91 Å². The molecule has 2 aromatic rings. The van der Waals surface area contributed by atoms with Crippen LogP contribution in [0.4, 0.5) is 5.69 Å². The summed E-state index contributed by atoms with van der Waals surface area (Å²) in [5.41, 5.74) is 3.17. The van der Waals surface area contributed by atoms with E-state index in [1.807, 2.05) is 60.3 Å². The zero-order valence-electron chi connectivity index (χ0n) is 15.5. The molecule has 0 aliphatic carbocycles. The molecule has 1 saturated heterocycles. The summed E-state index contributed by atoms with van der Waals surface area (Å²) in [6, 6.07) is 15.9. The molecule has 1 aliphatic heterocycles. The fourth-order valence-electron chi connectivity index (χ4n) is 3.20. The minimum atomic E-state index is 0.132. The first kappa shape index (κ1) is 18.7. The molecule has 4 nitrogen and oxygen atoms in total. The molecule has 3 rings (SSSR count). The standard InChI is InChI=1S/C21H26ClN3O/c1-23(2)20-9-5-18(6-10-20)21(26)25-15-13-24(14-16-25)12-11-17-3-7-19(22)8-4-17/h3-10H,11-16H2,1-2H3. The van der Waals surface area contributed by atoms with Crippen LogP contribution in [0, 0.1) is 0 Å². The SMILES string of the molecule is CN(C)c1ccc(C(=O)N2CCN(CCc3ccc(Cl)cc3)CC2)cc1. The fraction of sp³-hybridized carbons (Fsp3) is 0.381. The Morgan fingerprint density at radius 2 is 1.58 bits per heavy atom. The van der Waals surface area contributed by atoms with Gasteiger partial charge in [0.15, 0.2) is 0 Å². The van der Waals surface area contributed by atoms with Crippen molar-refractivity contribution in [1.29, 1.82) is 0 Å². The Bertz CT molecular complexity index is 720. The van der Waals surface area contributed by atoms with Crippen molar-refractivity contribution >= 4 is 23.2 Å². The van der Waals surface area contributed by atoms with Crippen molar-refractivity contribution in [2.45, 2.75) is 6.42 Å². The average molecular weight is 372 g/mol. The van der Waals surface area contributed by atoms with Crippen LogP contribution >= 0.6 is 11.6 Å². The Morgan fingerprint density at radius 1 is 0.962 bits per heavy atom. The normalized spacial score (nSPS) is 15.1. The van der Waals surface area contributed by atoms with Crippen LogP contribution in [-0.4, -0.2) is 62.5 Å². The van der Waals surface area contributed by atoms with Crippen molar-refractivity contribution < 1.29 is 4.79 Å². The van der Waals surface area contributed by atoms with Gasteiger partial charge in [0.1, 0.15) is 0 Å². The number of carbonyl (C=O) groups excluding carboxylic acids is 1. The highest BCUT2D eigenvalue weighted by Crippen LogP contribution is 2.15. The third-order valence-corrected chi connectivity index (χ3v) is 5.17. The van der Waals surface area contributed by atoms with E-state index in [0.29, 0.717) is 0 Å². The van der Waals surface area contributed by atoms with Gasteiger partial charge >= 0.3 is 0 Å². The predicted octanol–water partition coefficient (Wildman–Crippen LogP) is 3.41. The number of nitrogens with zero attached hydrogens (tertiary/aromatic N) is 3. The number of carbonyl (C=O) groups is 1. The molecular weight excluding hydrogens is 346 g/mol. The summed E-state index contributed by atoms with van der Waals surface area (Å²) in [7, 11) is 4.00. The maximum absolute atomic E-state index is 12.7. The topological polar surface area (TPSA) is 26.8 Å². The lowest BCUT2D eigenvalue weighted by molar-refractivity contribution is 0.0638. The summed E-state index contributed by atoms with van der Waals surface area (Å²) < 4.78 is 0. The first-order chi connectivity index (χ1) is 12.5. The summed E-state index contributed by atoms with van der Waals surface area (Å²) in [6.07, 6.45) is 1.01. The van der Waals surface area contributed by atoms with E-state index < -0.39 is 0 Å². The molecule has 0 N–H and O–H groups in total. The number of hydrogen-bond donors (Lipinski definition) is 0. The smallest absolute Gasteiger partial charge is 0.253 e. The summed E-state index contributed by atoms with van der Waals surface area (Å²) in [5, 5.41) is 0.777. The van der Waals surface area contributed by atoms with Gasteiger partial charge in [-0.05, 0) is 48.4 Å². The molecule has 0 unspecified atom stereocenters. The lowest BCUT2D eigenvalue weighted by Crippen LogP contribution is -2.49. The number of anilines is 1. The van der Waals surface area contributed by atoms with Crippen LogP contribution in [0.1, 0.15) is 15.9 Å². The largest absolute Gasteiger partial charge is 0.378 e. The summed E-state index contributed by atoms with van der Waals surface area (Å²) in [4.78, 5) is 19.1. The molecule has 138 valence electrons.